The Balaban J connectivity index is 2.33. The van der Waals surface area contributed by atoms with Crippen molar-refractivity contribution in [1.82, 2.24) is 9.88 Å². The number of rotatable bonds is 5. The largest absolute Gasteiger partial charge is 0.478 e. The lowest BCUT2D eigenvalue weighted by Crippen LogP contribution is -2.14. The normalized spacial score (nSPS) is 11.1. The van der Waals surface area contributed by atoms with Crippen LogP contribution in [0.3, 0.4) is 0 Å². The van der Waals surface area contributed by atoms with Gasteiger partial charge in [-0.25, -0.2) is 9.78 Å². The zero-order valence-electron chi connectivity index (χ0n) is 11.0. The van der Waals surface area contributed by atoms with Crippen molar-refractivity contribution < 1.29 is 9.90 Å². The molecule has 5 heteroatoms. The summed E-state index contributed by atoms with van der Waals surface area (Å²) in [5.74, 6) is -0.0229. The molecule has 4 nitrogen and oxygen atoms in total. The van der Waals surface area contributed by atoms with Gasteiger partial charge in [0.2, 0.25) is 0 Å². The first-order chi connectivity index (χ1) is 9.08. The van der Waals surface area contributed by atoms with Crippen molar-refractivity contribution in [2.45, 2.75) is 5.03 Å². The first-order valence-corrected chi connectivity index (χ1v) is 6.97. The lowest BCUT2D eigenvalue weighted by atomic mass is 10.1. The Morgan fingerprint density at radius 3 is 2.79 bits per heavy atom. The molecule has 1 aromatic carbocycles. The molecule has 0 aliphatic rings. The zero-order chi connectivity index (χ0) is 13.8. The first kappa shape index (κ1) is 13.8. The molecule has 0 unspecified atom stereocenters. The summed E-state index contributed by atoms with van der Waals surface area (Å²) in [6.45, 7) is 0.932. The second-order valence-electron chi connectivity index (χ2n) is 4.48. The average molecular weight is 276 g/mol. The Morgan fingerprint density at radius 2 is 2.11 bits per heavy atom. The second kappa shape index (κ2) is 6.04. The van der Waals surface area contributed by atoms with Crippen LogP contribution in [0.25, 0.3) is 10.9 Å². The number of pyridine rings is 1. The van der Waals surface area contributed by atoms with Crippen molar-refractivity contribution in [3.05, 3.63) is 35.9 Å². The highest BCUT2D eigenvalue weighted by molar-refractivity contribution is 7.99. The van der Waals surface area contributed by atoms with Crippen molar-refractivity contribution in [2.75, 3.05) is 26.4 Å². The number of carboxylic acid groups (broad SMARTS) is 1. The van der Waals surface area contributed by atoms with Gasteiger partial charge in [-0.15, -0.1) is 11.8 Å². The van der Waals surface area contributed by atoms with Gasteiger partial charge in [0.05, 0.1) is 16.1 Å². The number of thioether (sulfide) groups is 1. The third kappa shape index (κ3) is 3.45. The average Bonchev–Trinajstić information content (AvgIpc) is 2.37. The van der Waals surface area contributed by atoms with Crippen LogP contribution in [0.1, 0.15) is 10.4 Å². The topological polar surface area (TPSA) is 53.4 Å². The summed E-state index contributed by atoms with van der Waals surface area (Å²) >= 11 is 1.58. The SMILES string of the molecule is CN(C)CCSc1cc(C(=O)O)c2ccccc2n1. The molecular weight excluding hydrogens is 260 g/mol. The predicted octanol–water partition coefficient (Wildman–Crippen LogP) is 2.59. The summed E-state index contributed by atoms with van der Waals surface area (Å²) in [4.78, 5) is 17.9. The number of para-hydroxylation sites is 1. The molecule has 1 heterocycles. The van der Waals surface area contributed by atoms with E-state index in [0.29, 0.717) is 10.9 Å². The highest BCUT2D eigenvalue weighted by atomic mass is 32.2. The van der Waals surface area contributed by atoms with E-state index in [0.717, 1.165) is 22.8 Å². The highest BCUT2D eigenvalue weighted by Gasteiger charge is 2.11. The predicted molar refractivity (Wildman–Crippen MR) is 78.0 cm³/mol. The number of aromatic nitrogens is 1. The first-order valence-electron chi connectivity index (χ1n) is 5.98. The molecule has 0 aliphatic carbocycles. The van der Waals surface area contributed by atoms with Crippen LogP contribution in [0.15, 0.2) is 35.4 Å². The van der Waals surface area contributed by atoms with Crippen LogP contribution in [-0.4, -0.2) is 47.4 Å². The van der Waals surface area contributed by atoms with Crippen LogP contribution in [-0.2, 0) is 0 Å². The number of nitrogens with zero attached hydrogens (tertiary/aromatic N) is 2. The van der Waals surface area contributed by atoms with Crippen LogP contribution in [0.4, 0.5) is 0 Å². The molecule has 0 amide bonds. The van der Waals surface area contributed by atoms with E-state index >= 15 is 0 Å². The standard InChI is InChI=1S/C14H16N2O2S/c1-16(2)7-8-19-13-9-11(14(17)18)10-5-3-4-6-12(10)15-13/h3-6,9H,7-8H2,1-2H3,(H,17,18). The Kier molecular flexibility index (Phi) is 4.39. The Hall–Kier alpha value is -1.59. The summed E-state index contributed by atoms with van der Waals surface area (Å²) < 4.78 is 0. The number of hydrogen-bond acceptors (Lipinski definition) is 4. The van der Waals surface area contributed by atoms with Crippen LogP contribution < -0.4 is 0 Å². The van der Waals surface area contributed by atoms with E-state index in [4.69, 9.17) is 0 Å². The summed E-state index contributed by atoms with van der Waals surface area (Å²) in [7, 11) is 4.02. The second-order valence-corrected chi connectivity index (χ2v) is 5.60. The third-order valence-electron chi connectivity index (χ3n) is 2.71. The van der Waals surface area contributed by atoms with Crippen LogP contribution in [0.2, 0.25) is 0 Å². The highest BCUT2D eigenvalue weighted by Crippen LogP contribution is 2.24. The van der Waals surface area contributed by atoms with E-state index < -0.39 is 5.97 Å². The van der Waals surface area contributed by atoms with Crippen LogP contribution in [0, 0.1) is 0 Å². The maximum atomic E-state index is 11.3. The van der Waals surface area contributed by atoms with Crippen molar-refractivity contribution in [3.63, 3.8) is 0 Å². The van der Waals surface area contributed by atoms with Gasteiger partial charge in [-0.1, -0.05) is 18.2 Å². The van der Waals surface area contributed by atoms with Gasteiger partial charge >= 0.3 is 5.97 Å². The van der Waals surface area contributed by atoms with Crippen LogP contribution in [0.5, 0.6) is 0 Å². The molecule has 1 N–H and O–H groups in total. The molecule has 0 spiro atoms. The van der Waals surface area contributed by atoms with Crippen molar-refractivity contribution >= 4 is 28.6 Å². The van der Waals surface area contributed by atoms with Gasteiger partial charge in [-0.3, -0.25) is 0 Å². The molecule has 19 heavy (non-hydrogen) atoms. The van der Waals surface area contributed by atoms with E-state index in [2.05, 4.69) is 9.88 Å². The van der Waals surface area contributed by atoms with E-state index in [9.17, 15) is 9.90 Å². The van der Waals surface area contributed by atoms with E-state index in [1.165, 1.54) is 0 Å². The Morgan fingerprint density at radius 1 is 1.37 bits per heavy atom. The van der Waals surface area contributed by atoms with Gasteiger partial charge in [-0.2, -0.15) is 0 Å². The summed E-state index contributed by atoms with van der Waals surface area (Å²) in [6.07, 6.45) is 0. The van der Waals surface area contributed by atoms with Crippen molar-refractivity contribution in [2.24, 2.45) is 0 Å². The molecule has 0 saturated heterocycles. The van der Waals surface area contributed by atoms with Gasteiger partial charge < -0.3 is 10.0 Å². The lowest BCUT2D eigenvalue weighted by Gasteiger charge is -2.09. The molecule has 0 aliphatic heterocycles. The van der Waals surface area contributed by atoms with Gasteiger partial charge in [0.25, 0.3) is 0 Å². The number of carboxylic acids is 1. The number of hydrogen-bond donors (Lipinski definition) is 1. The molecule has 1 aromatic heterocycles. The molecule has 100 valence electrons. The van der Waals surface area contributed by atoms with Gasteiger partial charge in [0, 0.05) is 17.7 Å². The fourth-order valence-electron chi connectivity index (χ4n) is 1.73. The Labute approximate surface area is 116 Å². The summed E-state index contributed by atoms with van der Waals surface area (Å²) in [5.41, 5.74) is 1.05. The van der Waals surface area contributed by atoms with Gasteiger partial charge in [0.1, 0.15) is 0 Å². The molecule has 0 fully saturated rings. The molecule has 0 bridgehead atoms. The summed E-state index contributed by atoms with van der Waals surface area (Å²) in [6, 6.07) is 8.99. The van der Waals surface area contributed by atoms with Crippen molar-refractivity contribution in [3.8, 4) is 0 Å². The smallest absolute Gasteiger partial charge is 0.336 e. The van der Waals surface area contributed by atoms with E-state index in [1.807, 2.05) is 32.3 Å². The maximum absolute atomic E-state index is 11.3. The minimum Gasteiger partial charge on any atom is -0.478 e. The fraction of sp³-hybridized carbons (Fsp3) is 0.286. The quantitative estimate of drug-likeness (QED) is 0.851. The van der Waals surface area contributed by atoms with Crippen molar-refractivity contribution in [1.29, 1.82) is 0 Å². The Bertz CT molecular complexity index is 599. The van der Waals surface area contributed by atoms with Gasteiger partial charge in [0.15, 0.2) is 0 Å². The van der Waals surface area contributed by atoms with E-state index in [-0.39, 0.29) is 0 Å². The fourth-order valence-corrected chi connectivity index (χ4v) is 2.76. The number of benzene rings is 1. The van der Waals surface area contributed by atoms with E-state index in [1.54, 1.807) is 23.9 Å². The molecule has 0 radical (unpaired) electrons. The maximum Gasteiger partial charge on any atom is 0.336 e. The molecule has 0 saturated carbocycles. The number of carbonyl (C=O) groups is 1. The van der Waals surface area contributed by atoms with Crippen LogP contribution >= 0.6 is 11.8 Å². The number of fused-ring (bicyclic) bond motifs is 1. The number of aromatic carboxylic acids is 1. The third-order valence-corrected chi connectivity index (χ3v) is 3.60. The molecule has 2 rings (SSSR count). The molecular formula is C14H16N2O2S. The lowest BCUT2D eigenvalue weighted by molar-refractivity contribution is 0.0698. The van der Waals surface area contributed by atoms with Gasteiger partial charge in [-0.05, 0) is 26.2 Å². The summed E-state index contributed by atoms with van der Waals surface area (Å²) in [5, 5.41) is 10.7. The minimum atomic E-state index is -0.909. The monoisotopic (exact) mass is 276 g/mol. The zero-order valence-corrected chi connectivity index (χ0v) is 11.8. The molecule has 0 atom stereocenters. The molecule has 2 aromatic rings. The minimum absolute atomic E-state index is 0.318.